The molecule has 0 radical (unpaired) electrons. The second-order valence-corrected chi connectivity index (χ2v) is 5.38. The molecular formula is C16H24N2O. The Labute approximate surface area is 115 Å². The van der Waals surface area contributed by atoms with Crippen molar-refractivity contribution in [3.8, 4) is 0 Å². The third-order valence-electron chi connectivity index (χ3n) is 4.23. The third-order valence-corrected chi connectivity index (χ3v) is 4.23. The molecule has 19 heavy (non-hydrogen) atoms. The summed E-state index contributed by atoms with van der Waals surface area (Å²) in [6.45, 7) is 5.11. The minimum Gasteiger partial charge on any atom is -0.352 e. The van der Waals surface area contributed by atoms with Gasteiger partial charge in [0, 0.05) is 18.2 Å². The van der Waals surface area contributed by atoms with Crippen LogP contribution in [0.15, 0.2) is 18.2 Å². The highest BCUT2D eigenvalue weighted by molar-refractivity contribution is 5.96. The summed E-state index contributed by atoms with van der Waals surface area (Å²) in [4.78, 5) is 12.0. The lowest BCUT2D eigenvalue weighted by molar-refractivity contribution is 0.0956. The van der Waals surface area contributed by atoms with Crippen LogP contribution in [-0.2, 0) is 6.42 Å². The van der Waals surface area contributed by atoms with E-state index >= 15 is 0 Å². The normalized spacial score (nSPS) is 16.7. The number of carbonyl (C=O) groups is 1. The van der Waals surface area contributed by atoms with Gasteiger partial charge in [-0.2, -0.15) is 0 Å². The fourth-order valence-electron chi connectivity index (χ4n) is 2.88. The van der Waals surface area contributed by atoms with E-state index < -0.39 is 0 Å². The number of hydrogen-bond donors (Lipinski definition) is 2. The molecule has 0 spiro atoms. The average molecular weight is 260 g/mol. The van der Waals surface area contributed by atoms with Gasteiger partial charge in [0.2, 0.25) is 0 Å². The van der Waals surface area contributed by atoms with Crippen molar-refractivity contribution < 1.29 is 4.79 Å². The van der Waals surface area contributed by atoms with Gasteiger partial charge in [-0.05, 0) is 36.0 Å². The molecule has 1 heterocycles. The Bertz CT molecular complexity index is 452. The van der Waals surface area contributed by atoms with Crippen molar-refractivity contribution in [2.24, 2.45) is 11.7 Å². The molecular weight excluding hydrogens is 236 g/mol. The van der Waals surface area contributed by atoms with Gasteiger partial charge in [-0.1, -0.05) is 38.8 Å². The summed E-state index contributed by atoms with van der Waals surface area (Å²) in [6.07, 6.45) is 4.12. The number of hydrogen-bond acceptors (Lipinski definition) is 2. The van der Waals surface area contributed by atoms with Gasteiger partial charge in [-0.15, -0.1) is 0 Å². The van der Waals surface area contributed by atoms with E-state index in [9.17, 15) is 4.79 Å². The number of carbonyl (C=O) groups excluding carboxylic acids is 1. The Morgan fingerprint density at radius 2 is 2.05 bits per heavy atom. The molecule has 1 aliphatic rings. The van der Waals surface area contributed by atoms with Crippen LogP contribution in [0.1, 0.15) is 60.6 Å². The lowest BCUT2D eigenvalue weighted by Gasteiger charge is -2.22. The zero-order valence-corrected chi connectivity index (χ0v) is 11.9. The number of benzene rings is 1. The molecule has 1 aromatic rings. The van der Waals surface area contributed by atoms with Crippen molar-refractivity contribution in [2.75, 3.05) is 6.54 Å². The van der Waals surface area contributed by atoms with Gasteiger partial charge in [0.15, 0.2) is 0 Å². The van der Waals surface area contributed by atoms with E-state index in [0.29, 0.717) is 5.92 Å². The largest absolute Gasteiger partial charge is 0.352 e. The summed E-state index contributed by atoms with van der Waals surface area (Å²) >= 11 is 0. The Kier molecular flexibility index (Phi) is 4.59. The Morgan fingerprint density at radius 1 is 1.32 bits per heavy atom. The topological polar surface area (TPSA) is 55.1 Å². The maximum atomic E-state index is 12.0. The second-order valence-electron chi connectivity index (χ2n) is 5.38. The lowest BCUT2D eigenvalue weighted by atomic mass is 9.87. The molecule has 1 unspecified atom stereocenters. The zero-order valence-electron chi connectivity index (χ0n) is 11.9. The molecule has 3 heteroatoms. The van der Waals surface area contributed by atoms with Gasteiger partial charge >= 0.3 is 0 Å². The molecule has 0 saturated heterocycles. The maximum Gasteiger partial charge on any atom is 0.251 e. The molecule has 104 valence electrons. The monoisotopic (exact) mass is 260 g/mol. The van der Waals surface area contributed by atoms with Crippen molar-refractivity contribution in [1.29, 1.82) is 0 Å². The van der Waals surface area contributed by atoms with E-state index in [4.69, 9.17) is 5.73 Å². The van der Waals surface area contributed by atoms with Crippen molar-refractivity contribution >= 4 is 5.91 Å². The van der Waals surface area contributed by atoms with E-state index in [0.717, 1.165) is 48.9 Å². The number of aryl methyl sites for hydroxylation is 1. The number of nitrogens with two attached hydrogens (primary N) is 1. The van der Waals surface area contributed by atoms with Crippen LogP contribution in [-0.4, -0.2) is 12.5 Å². The minimum absolute atomic E-state index is 0.0244. The first-order valence-corrected chi connectivity index (χ1v) is 7.34. The summed E-state index contributed by atoms with van der Waals surface area (Å²) in [6, 6.07) is 6.20. The third kappa shape index (κ3) is 2.98. The first kappa shape index (κ1) is 14.1. The molecule has 0 bridgehead atoms. The maximum absolute atomic E-state index is 12.0. The SMILES string of the molecule is CCC(CC)C(N)c1ccc2c(c1)C(=O)NCCC2. The highest BCUT2D eigenvalue weighted by Crippen LogP contribution is 2.27. The highest BCUT2D eigenvalue weighted by Gasteiger charge is 2.20. The van der Waals surface area contributed by atoms with Crippen LogP contribution in [0.2, 0.25) is 0 Å². The van der Waals surface area contributed by atoms with Crippen LogP contribution < -0.4 is 11.1 Å². The molecule has 3 nitrogen and oxygen atoms in total. The zero-order chi connectivity index (χ0) is 13.8. The highest BCUT2D eigenvalue weighted by atomic mass is 16.1. The predicted molar refractivity (Wildman–Crippen MR) is 78.1 cm³/mol. The molecule has 2 rings (SSSR count). The quantitative estimate of drug-likeness (QED) is 0.874. The molecule has 1 aliphatic heterocycles. The molecule has 1 aromatic carbocycles. The summed E-state index contributed by atoms with van der Waals surface area (Å²) in [5, 5.41) is 2.94. The summed E-state index contributed by atoms with van der Waals surface area (Å²) in [5.74, 6) is 0.526. The minimum atomic E-state index is 0.0244. The van der Waals surface area contributed by atoms with E-state index in [-0.39, 0.29) is 11.9 Å². The summed E-state index contributed by atoms with van der Waals surface area (Å²) < 4.78 is 0. The molecule has 0 fully saturated rings. The van der Waals surface area contributed by atoms with Gasteiger partial charge in [-0.25, -0.2) is 0 Å². The van der Waals surface area contributed by atoms with Crippen molar-refractivity contribution in [1.82, 2.24) is 5.32 Å². The van der Waals surface area contributed by atoms with Crippen LogP contribution in [0.5, 0.6) is 0 Å². The van der Waals surface area contributed by atoms with Crippen LogP contribution in [0, 0.1) is 5.92 Å². The van der Waals surface area contributed by atoms with Crippen LogP contribution in [0.3, 0.4) is 0 Å². The predicted octanol–water partition coefficient (Wildman–Crippen LogP) is 2.80. The fourth-order valence-corrected chi connectivity index (χ4v) is 2.88. The molecule has 0 aliphatic carbocycles. The number of rotatable bonds is 4. The Hall–Kier alpha value is -1.35. The van der Waals surface area contributed by atoms with Crippen LogP contribution in [0.4, 0.5) is 0 Å². The van der Waals surface area contributed by atoms with E-state index in [2.05, 4.69) is 31.3 Å². The Balaban J connectivity index is 2.31. The summed E-state index contributed by atoms with van der Waals surface area (Å²) in [7, 11) is 0. The molecule has 1 amide bonds. The first-order valence-electron chi connectivity index (χ1n) is 7.34. The van der Waals surface area contributed by atoms with Crippen molar-refractivity contribution in [2.45, 2.75) is 45.6 Å². The molecule has 1 atom stereocenters. The van der Waals surface area contributed by atoms with E-state index in [1.807, 2.05) is 6.07 Å². The van der Waals surface area contributed by atoms with Gasteiger partial charge in [-0.3, -0.25) is 4.79 Å². The summed E-state index contributed by atoms with van der Waals surface area (Å²) in [5.41, 5.74) is 9.40. The lowest BCUT2D eigenvalue weighted by Crippen LogP contribution is -2.24. The van der Waals surface area contributed by atoms with Crippen LogP contribution >= 0.6 is 0 Å². The van der Waals surface area contributed by atoms with Gasteiger partial charge in [0.1, 0.15) is 0 Å². The number of amides is 1. The van der Waals surface area contributed by atoms with Crippen LogP contribution in [0.25, 0.3) is 0 Å². The van der Waals surface area contributed by atoms with Crippen molar-refractivity contribution in [3.63, 3.8) is 0 Å². The molecule has 0 saturated carbocycles. The smallest absolute Gasteiger partial charge is 0.251 e. The van der Waals surface area contributed by atoms with E-state index in [1.54, 1.807) is 0 Å². The van der Waals surface area contributed by atoms with Gasteiger partial charge in [0.05, 0.1) is 0 Å². The molecule has 3 N–H and O–H groups in total. The van der Waals surface area contributed by atoms with Crippen molar-refractivity contribution in [3.05, 3.63) is 34.9 Å². The second kappa shape index (κ2) is 6.20. The fraction of sp³-hybridized carbons (Fsp3) is 0.562. The average Bonchev–Trinajstić information content (AvgIpc) is 2.62. The van der Waals surface area contributed by atoms with Gasteiger partial charge < -0.3 is 11.1 Å². The van der Waals surface area contributed by atoms with E-state index in [1.165, 1.54) is 0 Å². The standard InChI is InChI=1S/C16H24N2O/c1-3-11(4-2)15(17)13-8-7-12-6-5-9-18-16(19)14(12)10-13/h7-8,10-11,15H,3-6,9,17H2,1-2H3,(H,18,19). The number of nitrogens with one attached hydrogen (secondary N) is 1. The number of fused-ring (bicyclic) bond motifs is 1. The first-order chi connectivity index (χ1) is 9.17. The Morgan fingerprint density at radius 3 is 2.74 bits per heavy atom. The van der Waals surface area contributed by atoms with Gasteiger partial charge in [0.25, 0.3) is 5.91 Å². The molecule has 0 aromatic heterocycles.